The van der Waals surface area contributed by atoms with Gasteiger partial charge in [-0.25, -0.2) is 0 Å². The molecule has 84 valence electrons. The Bertz CT molecular complexity index is 161. The maximum Gasteiger partial charge on any atom is 0.0921 e. The van der Waals surface area contributed by atoms with Crippen LogP contribution >= 0.6 is 0 Å². The minimum Gasteiger partial charge on any atom is -0.388 e. The van der Waals surface area contributed by atoms with Gasteiger partial charge in [0.1, 0.15) is 0 Å². The van der Waals surface area contributed by atoms with Crippen LogP contribution in [0.3, 0.4) is 0 Å². The molecule has 0 aromatic rings. The van der Waals surface area contributed by atoms with E-state index in [0.29, 0.717) is 12.5 Å². The van der Waals surface area contributed by atoms with Gasteiger partial charge in [-0.2, -0.15) is 0 Å². The van der Waals surface area contributed by atoms with Gasteiger partial charge in [0.25, 0.3) is 0 Å². The number of ether oxygens (including phenoxy) is 1. The van der Waals surface area contributed by atoms with Gasteiger partial charge in [-0.05, 0) is 20.4 Å². The Balaban J connectivity index is 3.78. The summed E-state index contributed by atoms with van der Waals surface area (Å²) in [5.41, 5.74) is 5.39. The maximum atomic E-state index is 7.25. The van der Waals surface area contributed by atoms with Gasteiger partial charge in [0.2, 0.25) is 0 Å². The maximum absolute atomic E-state index is 7.25. The average molecular weight is 201 g/mol. The van der Waals surface area contributed by atoms with Crippen molar-refractivity contribution in [1.82, 2.24) is 4.90 Å². The van der Waals surface area contributed by atoms with E-state index in [4.69, 9.17) is 15.9 Å². The van der Waals surface area contributed by atoms with E-state index >= 15 is 0 Å². The Morgan fingerprint density at radius 2 is 2.14 bits per heavy atom. The van der Waals surface area contributed by atoms with E-state index in [1.54, 1.807) is 0 Å². The highest BCUT2D eigenvalue weighted by Gasteiger charge is 2.12. The molecule has 14 heavy (non-hydrogen) atoms. The van der Waals surface area contributed by atoms with Crippen molar-refractivity contribution in [3.05, 3.63) is 0 Å². The molecule has 0 saturated carbocycles. The van der Waals surface area contributed by atoms with Crippen LogP contribution in [0, 0.1) is 5.41 Å². The summed E-state index contributed by atoms with van der Waals surface area (Å²) in [5, 5.41) is 7.25. The van der Waals surface area contributed by atoms with E-state index in [1.165, 1.54) is 0 Å². The number of likely N-dealkylation sites (N-methyl/N-ethyl adjacent to an activating group) is 1. The molecule has 1 unspecified atom stereocenters. The molecule has 0 spiro atoms. The first kappa shape index (κ1) is 13.4. The fourth-order valence-electron chi connectivity index (χ4n) is 1.40. The van der Waals surface area contributed by atoms with Crippen LogP contribution in [0.1, 0.15) is 26.7 Å². The van der Waals surface area contributed by atoms with Crippen LogP contribution in [0.2, 0.25) is 0 Å². The smallest absolute Gasteiger partial charge is 0.0921 e. The van der Waals surface area contributed by atoms with Crippen LogP contribution in [-0.4, -0.2) is 43.6 Å². The van der Waals surface area contributed by atoms with Gasteiger partial charge in [0.05, 0.1) is 12.4 Å². The van der Waals surface area contributed by atoms with Crippen molar-refractivity contribution in [2.75, 3.05) is 26.8 Å². The van der Waals surface area contributed by atoms with Crippen molar-refractivity contribution in [1.29, 1.82) is 5.41 Å². The first-order chi connectivity index (χ1) is 6.61. The van der Waals surface area contributed by atoms with Crippen LogP contribution < -0.4 is 5.73 Å². The fourth-order valence-corrected chi connectivity index (χ4v) is 1.40. The molecule has 4 nitrogen and oxygen atoms in total. The lowest BCUT2D eigenvalue weighted by atomic mass is 10.1. The summed E-state index contributed by atoms with van der Waals surface area (Å²) >= 11 is 0. The lowest BCUT2D eigenvalue weighted by Crippen LogP contribution is -2.36. The second kappa shape index (κ2) is 7.76. The average Bonchev–Trinajstić information content (AvgIpc) is 2.14. The molecular weight excluding hydrogens is 178 g/mol. The van der Waals surface area contributed by atoms with E-state index in [0.717, 1.165) is 26.2 Å². The normalized spacial score (nSPS) is 13.1. The summed E-state index contributed by atoms with van der Waals surface area (Å²) in [4.78, 5) is 2.21. The zero-order valence-electron chi connectivity index (χ0n) is 9.55. The zero-order chi connectivity index (χ0) is 11.0. The third-order valence-corrected chi connectivity index (χ3v) is 2.34. The highest BCUT2D eigenvalue weighted by molar-refractivity contribution is 5.77. The van der Waals surface area contributed by atoms with Crippen molar-refractivity contribution < 1.29 is 4.74 Å². The lowest BCUT2D eigenvalue weighted by molar-refractivity contribution is 0.107. The predicted octanol–water partition coefficient (Wildman–Crippen LogP) is 1.06. The third-order valence-electron chi connectivity index (χ3n) is 2.34. The van der Waals surface area contributed by atoms with Gasteiger partial charge in [0.15, 0.2) is 0 Å². The molecule has 0 amide bonds. The first-order valence-corrected chi connectivity index (χ1v) is 5.22. The van der Waals surface area contributed by atoms with Gasteiger partial charge in [-0.3, -0.25) is 5.41 Å². The summed E-state index contributed by atoms with van der Waals surface area (Å²) in [6, 6.07) is 0.368. The molecule has 3 N–H and O–H groups in total. The Morgan fingerprint density at radius 1 is 1.50 bits per heavy atom. The summed E-state index contributed by atoms with van der Waals surface area (Å²) in [5.74, 6) is 0.264. The second-order valence-electron chi connectivity index (χ2n) is 3.47. The minimum absolute atomic E-state index is 0.264. The molecule has 0 aliphatic heterocycles. The van der Waals surface area contributed by atoms with Crippen LogP contribution in [0.25, 0.3) is 0 Å². The highest BCUT2D eigenvalue weighted by atomic mass is 16.5. The van der Waals surface area contributed by atoms with Gasteiger partial charge < -0.3 is 15.4 Å². The standard InChI is InChI=1S/C10H23N3O/c1-4-9(8-10(11)12)13(3)6-7-14-5-2/h9H,4-8H2,1-3H3,(H3,11,12). The Morgan fingerprint density at radius 3 is 2.57 bits per heavy atom. The number of hydrogen-bond acceptors (Lipinski definition) is 3. The van der Waals surface area contributed by atoms with Gasteiger partial charge >= 0.3 is 0 Å². The summed E-state index contributed by atoms with van der Waals surface area (Å²) in [6.45, 7) is 6.52. The topological polar surface area (TPSA) is 62.3 Å². The van der Waals surface area contributed by atoms with E-state index in [9.17, 15) is 0 Å². The molecule has 4 heteroatoms. The Hall–Kier alpha value is -0.610. The molecule has 0 rings (SSSR count). The summed E-state index contributed by atoms with van der Waals surface area (Å²) in [6.07, 6.45) is 1.67. The molecule has 0 saturated heterocycles. The monoisotopic (exact) mass is 201 g/mol. The van der Waals surface area contributed by atoms with Gasteiger partial charge in [-0.15, -0.1) is 0 Å². The quantitative estimate of drug-likeness (QED) is 0.351. The van der Waals surface area contributed by atoms with E-state index < -0.39 is 0 Å². The molecular formula is C10H23N3O. The molecule has 0 aliphatic rings. The van der Waals surface area contributed by atoms with Gasteiger partial charge in [0, 0.05) is 25.6 Å². The molecule has 0 heterocycles. The van der Waals surface area contributed by atoms with Crippen LogP contribution in [-0.2, 0) is 4.74 Å². The molecule has 0 aliphatic carbocycles. The largest absolute Gasteiger partial charge is 0.388 e. The molecule has 0 aromatic carbocycles. The second-order valence-corrected chi connectivity index (χ2v) is 3.47. The SMILES string of the molecule is CCOCCN(C)C(CC)CC(=N)N. The minimum atomic E-state index is 0.264. The highest BCUT2D eigenvalue weighted by Crippen LogP contribution is 2.05. The number of rotatable bonds is 8. The number of nitrogens with zero attached hydrogens (tertiary/aromatic N) is 1. The van der Waals surface area contributed by atoms with E-state index in [1.807, 2.05) is 6.92 Å². The van der Waals surface area contributed by atoms with Crippen LogP contribution in [0.15, 0.2) is 0 Å². The van der Waals surface area contributed by atoms with E-state index in [2.05, 4.69) is 18.9 Å². The Labute approximate surface area is 86.9 Å². The van der Waals surface area contributed by atoms with Crippen molar-refractivity contribution in [2.45, 2.75) is 32.7 Å². The van der Waals surface area contributed by atoms with Crippen LogP contribution in [0.5, 0.6) is 0 Å². The van der Waals surface area contributed by atoms with Crippen LogP contribution in [0.4, 0.5) is 0 Å². The number of nitrogens with two attached hydrogens (primary N) is 1. The van der Waals surface area contributed by atoms with E-state index in [-0.39, 0.29) is 5.84 Å². The molecule has 0 aromatic heterocycles. The number of amidine groups is 1. The van der Waals surface area contributed by atoms with Crippen molar-refractivity contribution in [3.8, 4) is 0 Å². The van der Waals surface area contributed by atoms with Gasteiger partial charge in [-0.1, -0.05) is 6.92 Å². The van der Waals surface area contributed by atoms with Crippen molar-refractivity contribution in [3.63, 3.8) is 0 Å². The number of nitrogens with one attached hydrogen (secondary N) is 1. The third kappa shape index (κ3) is 5.94. The molecule has 1 atom stereocenters. The fraction of sp³-hybridized carbons (Fsp3) is 0.900. The zero-order valence-corrected chi connectivity index (χ0v) is 9.55. The summed E-state index contributed by atoms with van der Waals surface area (Å²) < 4.78 is 5.28. The predicted molar refractivity (Wildman–Crippen MR) is 59.7 cm³/mol. The molecule has 0 fully saturated rings. The first-order valence-electron chi connectivity index (χ1n) is 5.22. The summed E-state index contributed by atoms with van der Waals surface area (Å²) in [7, 11) is 2.05. The Kier molecular flexibility index (Phi) is 7.42. The molecule has 0 radical (unpaired) electrons. The lowest BCUT2D eigenvalue weighted by Gasteiger charge is -2.26. The molecule has 0 bridgehead atoms. The van der Waals surface area contributed by atoms with Crippen molar-refractivity contribution >= 4 is 5.84 Å². The van der Waals surface area contributed by atoms with Crippen molar-refractivity contribution in [2.24, 2.45) is 5.73 Å². The number of hydrogen-bond donors (Lipinski definition) is 2.